The Morgan fingerprint density at radius 1 is 1.17 bits per heavy atom. The third kappa shape index (κ3) is 124. The van der Waals surface area contributed by atoms with Crippen LogP contribution in [0.15, 0.2) is 0 Å². The van der Waals surface area contributed by atoms with Crippen molar-refractivity contribution in [2.45, 2.75) is 26.4 Å². The first kappa shape index (κ1) is 9.87. The quantitative estimate of drug-likeness (QED) is 0.435. The molecular weight excluding hydrogens is 88.3 g/mol. The van der Waals surface area contributed by atoms with Crippen molar-refractivity contribution in [2.75, 3.05) is 0 Å². The largest absolute Gasteiger partial charge is 2.00 e. The fraction of sp³-hybridized carbons (Fsp3) is 1.00. The summed E-state index contributed by atoms with van der Waals surface area (Å²) in [5.74, 6) is 0. The van der Waals surface area contributed by atoms with Crippen LogP contribution in [0.3, 0.4) is 0 Å². The van der Waals surface area contributed by atoms with Crippen molar-refractivity contribution in [3.63, 3.8) is 0 Å². The van der Waals surface area contributed by atoms with Crippen LogP contribution in [0.2, 0.25) is 0 Å². The minimum atomic E-state index is -0.500. The molecule has 0 atom stereocenters. The molecule has 1 N–H and O–H groups in total. The van der Waals surface area contributed by atoms with E-state index < -0.39 is 5.60 Å². The van der Waals surface area contributed by atoms with Crippen LogP contribution in [0.1, 0.15) is 20.8 Å². The fourth-order valence-corrected chi connectivity index (χ4v) is 0. The monoisotopic (exact) mass is 98.1 g/mol. The van der Waals surface area contributed by atoms with E-state index in [-0.39, 0.29) is 23.1 Å². The number of aliphatic hydroxyl groups is 1. The van der Waals surface area contributed by atoms with Crippen molar-refractivity contribution in [3.8, 4) is 0 Å². The SMILES string of the molecule is CC(C)(C)O.[Mg+2]. The second kappa shape index (κ2) is 2.83. The smallest absolute Gasteiger partial charge is 0.391 e. The van der Waals surface area contributed by atoms with E-state index in [0.29, 0.717) is 0 Å². The van der Waals surface area contributed by atoms with Crippen molar-refractivity contribution < 1.29 is 5.11 Å². The second-order valence-corrected chi connectivity index (χ2v) is 2.17. The molecule has 32 valence electrons. The van der Waals surface area contributed by atoms with Crippen LogP contribution in [0, 0.1) is 0 Å². The van der Waals surface area contributed by atoms with Gasteiger partial charge in [-0.15, -0.1) is 0 Å². The number of hydrogen-bond acceptors (Lipinski definition) is 1. The molecular formula is C4H10MgO+2. The van der Waals surface area contributed by atoms with Crippen molar-refractivity contribution in [1.82, 2.24) is 0 Å². The Hall–Kier alpha value is 0.726. The molecule has 0 spiro atoms. The van der Waals surface area contributed by atoms with Gasteiger partial charge in [0, 0.05) is 0 Å². The molecule has 0 fully saturated rings. The molecule has 0 aliphatic heterocycles. The van der Waals surface area contributed by atoms with Crippen molar-refractivity contribution >= 4 is 23.1 Å². The fourth-order valence-electron chi connectivity index (χ4n) is 0. The summed E-state index contributed by atoms with van der Waals surface area (Å²) in [6, 6.07) is 0. The van der Waals surface area contributed by atoms with Gasteiger partial charge in [0.25, 0.3) is 0 Å². The van der Waals surface area contributed by atoms with Crippen LogP contribution in [0.4, 0.5) is 0 Å². The Kier molecular flexibility index (Phi) is 4.65. The molecule has 0 unspecified atom stereocenters. The maximum Gasteiger partial charge on any atom is 2.00 e. The van der Waals surface area contributed by atoms with Crippen LogP contribution >= 0.6 is 0 Å². The van der Waals surface area contributed by atoms with E-state index in [1.165, 1.54) is 0 Å². The zero-order chi connectivity index (χ0) is 4.50. The standard InChI is InChI=1S/C4H10O.Mg/c1-4(2,3)5;/h5H,1-3H3;/q;+2. The molecule has 0 aliphatic carbocycles. The average Bonchev–Trinajstić information content (AvgIpc) is 0.722. The predicted octanol–water partition coefficient (Wildman–Crippen LogP) is 0.396. The van der Waals surface area contributed by atoms with Crippen LogP contribution in [-0.2, 0) is 0 Å². The normalized spacial score (nSPS) is 10.0. The maximum atomic E-state index is 8.52. The Bertz CT molecular complexity index is 23.0. The first-order valence-electron chi connectivity index (χ1n) is 1.72. The first-order chi connectivity index (χ1) is 2.00. The van der Waals surface area contributed by atoms with Crippen molar-refractivity contribution in [1.29, 1.82) is 0 Å². The van der Waals surface area contributed by atoms with E-state index in [2.05, 4.69) is 0 Å². The van der Waals surface area contributed by atoms with Gasteiger partial charge in [0.05, 0.1) is 5.60 Å². The van der Waals surface area contributed by atoms with Gasteiger partial charge in [-0.1, -0.05) is 0 Å². The number of rotatable bonds is 0. The Labute approximate surface area is 54.9 Å². The van der Waals surface area contributed by atoms with E-state index in [1.54, 1.807) is 20.8 Å². The summed E-state index contributed by atoms with van der Waals surface area (Å²) < 4.78 is 0. The van der Waals surface area contributed by atoms with Gasteiger partial charge in [-0.05, 0) is 20.8 Å². The second-order valence-electron chi connectivity index (χ2n) is 2.17. The third-order valence-corrected chi connectivity index (χ3v) is 0. The van der Waals surface area contributed by atoms with Crippen LogP contribution in [-0.4, -0.2) is 33.8 Å². The minimum absolute atomic E-state index is 0. The zero-order valence-electron chi connectivity index (χ0n) is 4.65. The maximum absolute atomic E-state index is 8.52. The third-order valence-electron chi connectivity index (χ3n) is 0. The van der Waals surface area contributed by atoms with Crippen LogP contribution in [0.5, 0.6) is 0 Å². The molecule has 0 bridgehead atoms. The van der Waals surface area contributed by atoms with Gasteiger partial charge >= 0.3 is 23.1 Å². The van der Waals surface area contributed by atoms with E-state index in [0.717, 1.165) is 0 Å². The summed E-state index contributed by atoms with van der Waals surface area (Å²) >= 11 is 0. The van der Waals surface area contributed by atoms with E-state index in [4.69, 9.17) is 5.11 Å². The molecule has 1 nitrogen and oxygen atoms in total. The van der Waals surface area contributed by atoms with E-state index in [9.17, 15) is 0 Å². The van der Waals surface area contributed by atoms with E-state index in [1.807, 2.05) is 0 Å². The summed E-state index contributed by atoms with van der Waals surface area (Å²) in [7, 11) is 0. The molecule has 0 aromatic carbocycles. The van der Waals surface area contributed by atoms with Gasteiger partial charge in [-0.25, -0.2) is 0 Å². The van der Waals surface area contributed by atoms with Gasteiger partial charge in [-0.3, -0.25) is 0 Å². The molecule has 0 radical (unpaired) electrons. The summed E-state index contributed by atoms with van der Waals surface area (Å²) in [5, 5.41) is 8.52. The van der Waals surface area contributed by atoms with Gasteiger partial charge in [0.1, 0.15) is 0 Å². The average molecular weight is 98.4 g/mol. The Balaban J connectivity index is 0. The van der Waals surface area contributed by atoms with Gasteiger partial charge in [-0.2, -0.15) is 0 Å². The molecule has 0 amide bonds. The van der Waals surface area contributed by atoms with Crippen molar-refractivity contribution in [3.05, 3.63) is 0 Å². The van der Waals surface area contributed by atoms with Gasteiger partial charge in [0.2, 0.25) is 0 Å². The van der Waals surface area contributed by atoms with Crippen molar-refractivity contribution in [2.24, 2.45) is 0 Å². The minimum Gasteiger partial charge on any atom is -0.391 e. The first-order valence-corrected chi connectivity index (χ1v) is 1.72. The summed E-state index contributed by atoms with van der Waals surface area (Å²) in [4.78, 5) is 0. The summed E-state index contributed by atoms with van der Waals surface area (Å²) in [6.45, 7) is 5.23. The molecule has 0 aromatic rings. The van der Waals surface area contributed by atoms with Gasteiger partial charge < -0.3 is 5.11 Å². The Morgan fingerprint density at radius 3 is 1.17 bits per heavy atom. The Morgan fingerprint density at radius 2 is 1.17 bits per heavy atom. The molecule has 0 aromatic heterocycles. The molecule has 2 heteroatoms. The molecule has 0 aliphatic rings. The summed E-state index contributed by atoms with van der Waals surface area (Å²) in [5.41, 5.74) is -0.500. The molecule has 0 saturated carbocycles. The zero-order valence-corrected chi connectivity index (χ0v) is 6.07. The predicted molar refractivity (Wildman–Crippen MR) is 27.7 cm³/mol. The number of hydrogen-bond donors (Lipinski definition) is 1. The molecule has 0 rings (SSSR count). The molecule has 6 heavy (non-hydrogen) atoms. The molecule has 0 heterocycles. The van der Waals surface area contributed by atoms with E-state index >= 15 is 0 Å². The van der Waals surface area contributed by atoms with Crippen LogP contribution < -0.4 is 0 Å². The van der Waals surface area contributed by atoms with Crippen LogP contribution in [0.25, 0.3) is 0 Å². The summed E-state index contributed by atoms with van der Waals surface area (Å²) in [6.07, 6.45) is 0. The topological polar surface area (TPSA) is 20.2 Å². The van der Waals surface area contributed by atoms with Gasteiger partial charge in [0.15, 0.2) is 0 Å². The molecule has 0 saturated heterocycles.